The first-order chi connectivity index (χ1) is 11.1. The molecule has 0 saturated heterocycles. The third-order valence-corrected chi connectivity index (χ3v) is 5.02. The van der Waals surface area contributed by atoms with Gasteiger partial charge in [0.05, 0.1) is 11.9 Å². The van der Waals surface area contributed by atoms with Crippen LogP contribution < -0.4 is 0 Å². The summed E-state index contributed by atoms with van der Waals surface area (Å²) in [5, 5.41) is 1.06. The van der Waals surface area contributed by atoms with Gasteiger partial charge in [0.2, 0.25) is 0 Å². The number of para-hydroxylation sites is 1. The summed E-state index contributed by atoms with van der Waals surface area (Å²) in [6.07, 6.45) is 1.99. The molecule has 0 aliphatic carbocycles. The van der Waals surface area contributed by atoms with Gasteiger partial charge < -0.3 is 0 Å². The number of aryl methyl sites for hydroxylation is 1. The molecule has 118 valence electrons. The van der Waals surface area contributed by atoms with Crippen LogP contribution >= 0.6 is 11.8 Å². The Morgan fingerprint density at radius 3 is 2.35 bits per heavy atom. The molecule has 0 atom stereocenters. The largest absolute Gasteiger partial charge is 0.287 e. The number of imidazole rings is 1. The van der Waals surface area contributed by atoms with Crippen LogP contribution in [0.2, 0.25) is 0 Å². The average molecular weight is 322 g/mol. The molecule has 0 saturated carbocycles. The molecule has 1 heterocycles. The molecule has 0 aliphatic rings. The third-order valence-electron chi connectivity index (χ3n) is 3.64. The summed E-state index contributed by atoms with van der Waals surface area (Å²) < 4.78 is 2.26. The molecule has 0 amide bonds. The van der Waals surface area contributed by atoms with E-state index in [0.717, 1.165) is 22.3 Å². The molecule has 0 fully saturated rings. The number of rotatable bonds is 5. The van der Waals surface area contributed by atoms with E-state index in [0.29, 0.717) is 5.92 Å². The molecule has 0 radical (unpaired) electrons. The summed E-state index contributed by atoms with van der Waals surface area (Å²) in [5.74, 6) is 1.71. The monoisotopic (exact) mass is 322 g/mol. The molecule has 2 aromatic carbocycles. The molecule has 23 heavy (non-hydrogen) atoms. The fraction of sp³-hybridized carbons (Fsp3) is 0.250. The Morgan fingerprint density at radius 1 is 1.00 bits per heavy atom. The van der Waals surface area contributed by atoms with Gasteiger partial charge in [-0.3, -0.25) is 4.57 Å². The Bertz CT molecular complexity index is 758. The van der Waals surface area contributed by atoms with E-state index in [9.17, 15) is 0 Å². The fourth-order valence-corrected chi connectivity index (χ4v) is 3.37. The Kier molecular flexibility index (Phi) is 4.87. The fourth-order valence-electron chi connectivity index (χ4n) is 2.43. The van der Waals surface area contributed by atoms with Crippen LogP contribution in [0, 0.1) is 12.8 Å². The van der Waals surface area contributed by atoms with Crippen molar-refractivity contribution in [3.05, 3.63) is 66.4 Å². The van der Waals surface area contributed by atoms with Crippen molar-refractivity contribution in [1.29, 1.82) is 0 Å². The molecule has 1 aromatic heterocycles. The van der Waals surface area contributed by atoms with Crippen LogP contribution in [0.5, 0.6) is 0 Å². The number of benzene rings is 2. The summed E-state index contributed by atoms with van der Waals surface area (Å²) in [6, 6.07) is 19.1. The second kappa shape index (κ2) is 7.05. The Balaban J connectivity index is 2.07. The summed E-state index contributed by atoms with van der Waals surface area (Å²) in [6.45, 7) is 6.59. The van der Waals surface area contributed by atoms with Crippen molar-refractivity contribution < 1.29 is 0 Å². The first-order valence-corrected chi connectivity index (χ1v) is 8.96. The van der Waals surface area contributed by atoms with Gasteiger partial charge in [-0.25, -0.2) is 4.98 Å². The maximum Gasteiger partial charge on any atom is 0.173 e. The highest BCUT2D eigenvalue weighted by Crippen LogP contribution is 2.30. The molecule has 2 nitrogen and oxygen atoms in total. The van der Waals surface area contributed by atoms with Gasteiger partial charge in [0, 0.05) is 17.0 Å². The summed E-state index contributed by atoms with van der Waals surface area (Å²) >= 11 is 1.82. The van der Waals surface area contributed by atoms with Crippen LogP contribution in [0.3, 0.4) is 0 Å². The highest BCUT2D eigenvalue weighted by molar-refractivity contribution is 7.99. The first kappa shape index (κ1) is 15.9. The van der Waals surface area contributed by atoms with Crippen LogP contribution in [0.15, 0.2) is 66.0 Å². The van der Waals surface area contributed by atoms with E-state index >= 15 is 0 Å². The van der Waals surface area contributed by atoms with Crippen molar-refractivity contribution in [2.75, 3.05) is 5.75 Å². The zero-order chi connectivity index (χ0) is 16.2. The molecule has 0 bridgehead atoms. The molecule has 0 N–H and O–H groups in total. The van der Waals surface area contributed by atoms with Crippen LogP contribution in [-0.2, 0) is 0 Å². The van der Waals surface area contributed by atoms with Crippen molar-refractivity contribution in [2.45, 2.75) is 25.9 Å². The number of thioether (sulfide) groups is 1. The predicted octanol–water partition coefficient (Wildman–Crippen LogP) is 5.60. The topological polar surface area (TPSA) is 17.8 Å². The van der Waals surface area contributed by atoms with Gasteiger partial charge in [0.25, 0.3) is 0 Å². The number of hydrogen-bond donors (Lipinski definition) is 0. The Morgan fingerprint density at radius 2 is 1.70 bits per heavy atom. The number of hydrogen-bond acceptors (Lipinski definition) is 2. The second-order valence-corrected chi connectivity index (χ2v) is 7.16. The van der Waals surface area contributed by atoms with Crippen molar-refractivity contribution in [2.24, 2.45) is 5.92 Å². The highest BCUT2D eigenvalue weighted by Gasteiger charge is 2.14. The molecule has 3 aromatic rings. The van der Waals surface area contributed by atoms with Crippen LogP contribution in [0.1, 0.15) is 19.4 Å². The quantitative estimate of drug-likeness (QED) is 0.569. The number of aromatic nitrogens is 2. The van der Waals surface area contributed by atoms with Crippen LogP contribution in [0.25, 0.3) is 16.9 Å². The lowest BCUT2D eigenvalue weighted by Crippen LogP contribution is -2.00. The Labute approximate surface area is 142 Å². The van der Waals surface area contributed by atoms with E-state index in [4.69, 9.17) is 0 Å². The van der Waals surface area contributed by atoms with E-state index in [-0.39, 0.29) is 0 Å². The van der Waals surface area contributed by atoms with Crippen molar-refractivity contribution in [3.63, 3.8) is 0 Å². The highest BCUT2D eigenvalue weighted by atomic mass is 32.2. The summed E-state index contributed by atoms with van der Waals surface area (Å²) in [7, 11) is 0. The zero-order valence-electron chi connectivity index (χ0n) is 13.9. The smallest absolute Gasteiger partial charge is 0.173 e. The maximum atomic E-state index is 4.69. The van der Waals surface area contributed by atoms with E-state index in [1.807, 2.05) is 24.0 Å². The standard InChI is InChI=1S/C20H22N2S/c1-15(2)14-23-20-21-13-19(17-11-9-16(3)10-12-17)22(20)18-7-5-4-6-8-18/h4-13,15H,14H2,1-3H3. The van der Waals surface area contributed by atoms with Gasteiger partial charge in [-0.05, 0) is 25.0 Å². The molecule has 0 unspecified atom stereocenters. The second-order valence-electron chi connectivity index (χ2n) is 6.17. The molecule has 3 rings (SSSR count). The first-order valence-electron chi connectivity index (χ1n) is 7.98. The lowest BCUT2D eigenvalue weighted by molar-refractivity contribution is 0.746. The molecular formula is C20H22N2S. The lowest BCUT2D eigenvalue weighted by atomic mass is 10.1. The Hall–Kier alpha value is -2.00. The minimum absolute atomic E-state index is 0.642. The van der Waals surface area contributed by atoms with Gasteiger partial charge in [-0.1, -0.05) is 73.6 Å². The lowest BCUT2D eigenvalue weighted by Gasteiger charge is -2.13. The van der Waals surface area contributed by atoms with Crippen LogP contribution in [0.4, 0.5) is 0 Å². The average Bonchev–Trinajstić information content (AvgIpc) is 2.98. The molecule has 0 spiro atoms. The predicted molar refractivity (Wildman–Crippen MR) is 99.3 cm³/mol. The normalized spacial score (nSPS) is 11.1. The van der Waals surface area contributed by atoms with Crippen molar-refractivity contribution in [1.82, 2.24) is 9.55 Å². The van der Waals surface area contributed by atoms with Crippen LogP contribution in [-0.4, -0.2) is 15.3 Å². The van der Waals surface area contributed by atoms with E-state index in [1.54, 1.807) is 0 Å². The SMILES string of the molecule is Cc1ccc(-c2cnc(SCC(C)C)n2-c2ccccc2)cc1. The van der Waals surface area contributed by atoms with Gasteiger partial charge in [0.15, 0.2) is 5.16 Å². The number of nitrogens with zero attached hydrogens (tertiary/aromatic N) is 2. The van der Waals surface area contributed by atoms with Gasteiger partial charge >= 0.3 is 0 Å². The van der Waals surface area contributed by atoms with Gasteiger partial charge in [-0.15, -0.1) is 0 Å². The molecule has 3 heteroatoms. The minimum Gasteiger partial charge on any atom is -0.287 e. The summed E-state index contributed by atoms with van der Waals surface area (Å²) in [4.78, 5) is 4.69. The molecular weight excluding hydrogens is 300 g/mol. The maximum absolute atomic E-state index is 4.69. The van der Waals surface area contributed by atoms with Crippen molar-refractivity contribution >= 4 is 11.8 Å². The van der Waals surface area contributed by atoms with E-state index in [2.05, 4.69) is 78.9 Å². The van der Waals surface area contributed by atoms with E-state index in [1.165, 1.54) is 11.1 Å². The zero-order valence-corrected chi connectivity index (χ0v) is 14.7. The third kappa shape index (κ3) is 3.67. The van der Waals surface area contributed by atoms with Gasteiger partial charge in [-0.2, -0.15) is 0 Å². The van der Waals surface area contributed by atoms with Gasteiger partial charge in [0.1, 0.15) is 0 Å². The summed E-state index contributed by atoms with van der Waals surface area (Å²) in [5.41, 5.74) is 4.77. The minimum atomic E-state index is 0.642. The van der Waals surface area contributed by atoms with Crippen molar-refractivity contribution in [3.8, 4) is 16.9 Å². The molecule has 0 aliphatic heterocycles. The van der Waals surface area contributed by atoms with E-state index < -0.39 is 0 Å².